The second-order valence-corrected chi connectivity index (χ2v) is 4.90. The summed E-state index contributed by atoms with van der Waals surface area (Å²) in [5.41, 5.74) is 1.73. The summed E-state index contributed by atoms with van der Waals surface area (Å²) in [7, 11) is 1.56. The molecule has 0 saturated carbocycles. The predicted octanol–water partition coefficient (Wildman–Crippen LogP) is 3.02. The summed E-state index contributed by atoms with van der Waals surface area (Å²) in [6.07, 6.45) is 0.900. The van der Waals surface area contributed by atoms with Crippen LogP contribution in [0.5, 0.6) is 11.5 Å². The van der Waals surface area contributed by atoms with E-state index in [2.05, 4.69) is 4.98 Å². The van der Waals surface area contributed by atoms with E-state index in [4.69, 9.17) is 9.47 Å². The highest BCUT2D eigenvalue weighted by molar-refractivity contribution is 5.72. The van der Waals surface area contributed by atoms with Crippen molar-refractivity contribution in [2.75, 3.05) is 13.7 Å². The lowest BCUT2D eigenvalue weighted by atomic mass is 10.0. The van der Waals surface area contributed by atoms with Gasteiger partial charge in [-0.15, -0.1) is 0 Å². The fourth-order valence-electron chi connectivity index (χ4n) is 2.19. The number of rotatable bonds is 5. The van der Waals surface area contributed by atoms with Gasteiger partial charge in [-0.1, -0.05) is 13.0 Å². The average molecular weight is 298 g/mol. The summed E-state index contributed by atoms with van der Waals surface area (Å²) in [5.74, 6) is 1.22. The molecule has 0 aliphatic carbocycles. The van der Waals surface area contributed by atoms with Crippen molar-refractivity contribution in [1.82, 2.24) is 4.98 Å². The Morgan fingerprint density at radius 1 is 1.27 bits per heavy atom. The molecule has 5 nitrogen and oxygen atoms in total. The molecule has 0 atom stereocenters. The van der Waals surface area contributed by atoms with Gasteiger partial charge in [0.05, 0.1) is 13.7 Å². The summed E-state index contributed by atoms with van der Waals surface area (Å²) in [6.45, 7) is 4.41. The van der Waals surface area contributed by atoms with Crippen molar-refractivity contribution in [3.8, 4) is 28.7 Å². The van der Waals surface area contributed by atoms with Gasteiger partial charge in [-0.25, -0.2) is 0 Å². The predicted molar refractivity (Wildman–Crippen MR) is 84.3 cm³/mol. The van der Waals surface area contributed by atoms with E-state index in [0.29, 0.717) is 29.4 Å². The van der Waals surface area contributed by atoms with Gasteiger partial charge in [0.1, 0.15) is 11.6 Å². The van der Waals surface area contributed by atoms with Crippen molar-refractivity contribution in [2.45, 2.75) is 20.3 Å². The van der Waals surface area contributed by atoms with Crippen LogP contribution in [-0.4, -0.2) is 18.7 Å². The van der Waals surface area contributed by atoms with Crippen LogP contribution in [0.25, 0.3) is 11.1 Å². The Labute approximate surface area is 129 Å². The first-order valence-corrected chi connectivity index (χ1v) is 7.06. The third-order valence-corrected chi connectivity index (χ3v) is 3.22. The van der Waals surface area contributed by atoms with E-state index in [0.717, 1.165) is 12.0 Å². The molecule has 0 aliphatic heterocycles. The molecule has 1 aromatic carbocycles. The Morgan fingerprint density at radius 2 is 2.05 bits per heavy atom. The molecule has 2 rings (SSSR count). The molecule has 0 aliphatic rings. The molecule has 1 heterocycles. The lowest BCUT2D eigenvalue weighted by Crippen LogP contribution is -2.12. The van der Waals surface area contributed by atoms with Gasteiger partial charge in [0.2, 0.25) is 0 Å². The molecule has 0 amide bonds. The van der Waals surface area contributed by atoms with Gasteiger partial charge >= 0.3 is 0 Å². The molecular formula is C17H18N2O3. The van der Waals surface area contributed by atoms with Gasteiger partial charge < -0.3 is 14.5 Å². The lowest BCUT2D eigenvalue weighted by Gasteiger charge is -2.12. The van der Waals surface area contributed by atoms with Gasteiger partial charge in [0.15, 0.2) is 11.5 Å². The summed E-state index contributed by atoms with van der Waals surface area (Å²) in [4.78, 5) is 14.5. The van der Waals surface area contributed by atoms with E-state index < -0.39 is 0 Å². The van der Waals surface area contributed by atoms with E-state index in [1.165, 1.54) is 0 Å². The molecule has 114 valence electrons. The van der Waals surface area contributed by atoms with E-state index in [1.54, 1.807) is 32.2 Å². The number of H-pyrrole nitrogens is 1. The third-order valence-electron chi connectivity index (χ3n) is 3.22. The minimum Gasteiger partial charge on any atom is -0.493 e. The molecular weight excluding hydrogens is 280 g/mol. The minimum atomic E-state index is -0.386. The Bertz CT molecular complexity index is 772. The van der Waals surface area contributed by atoms with Gasteiger partial charge in [0.25, 0.3) is 5.56 Å². The van der Waals surface area contributed by atoms with E-state index in [-0.39, 0.29) is 11.1 Å². The zero-order valence-corrected chi connectivity index (χ0v) is 12.9. The Balaban J connectivity index is 2.55. The molecule has 0 bridgehead atoms. The molecule has 2 aromatic rings. The van der Waals surface area contributed by atoms with Gasteiger partial charge in [-0.2, -0.15) is 5.26 Å². The van der Waals surface area contributed by atoms with E-state index in [1.807, 2.05) is 19.1 Å². The maximum Gasteiger partial charge on any atom is 0.266 e. The topological polar surface area (TPSA) is 75.1 Å². The van der Waals surface area contributed by atoms with Crippen molar-refractivity contribution in [3.05, 3.63) is 45.9 Å². The lowest BCUT2D eigenvalue weighted by molar-refractivity contribution is 0.294. The van der Waals surface area contributed by atoms with Gasteiger partial charge in [-0.05, 0) is 37.1 Å². The summed E-state index contributed by atoms with van der Waals surface area (Å²) >= 11 is 0. The number of nitrogens with zero attached hydrogens (tertiary/aromatic N) is 1. The molecule has 0 spiro atoms. The largest absolute Gasteiger partial charge is 0.493 e. The van der Waals surface area contributed by atoms with E-state index >= 15 is 0 Å². The number of ether oxygens (including phenoxy) is 2. The number of methoxy groups -OCH3 is 1. The van der Waals surface area contributed by atoms with Gasteiger partial charge in [0, 0.05) is 11.3 Å². The fourth-order valence-corrected chi connectivity index (χ4v) is 2.19. The van der Waals surface area contributed by atoms with Crippen LogP contribution in [0.1, 0.15) is 24.6 Å². The number of aromatic nitrogens is 1. The van der Waals surface area contributed by atoms with Crippen molar-refractivity contribution in [1.29, 1.82) is 5.26 Å². The molecule has 0 unspecified atom stereocenters. The maximum absolute atomic E-state index is 11.9. The maximum atomic E-state index is 11.9. The smallest absolute Gasteiger partial charge is 0.266 e. The standard InChI is InChI=1S/C17H18N2O3/c1-4-7-22-15-6-5-12(9-16(15)21-3)13-8-11(2)19-17(20)14(13)10-18/h5-6,8-9H,4,7H2,1-3H3,(H,19,20). The van der Waals surface area contributed by atoms with Crippen molar-refractivity contribution < 1.29 is 9.47 Å². The van der Waals surface area contributed by atoms with Crippen LogP contribution in [0.4, 0.5) is 0 Å². The summed E-state index contributed by atoms with van der Waals surface area (Å²) < 4.78 is 11.0. The zero-order chi connectivity index (χ0) is 16.1. The van der Waals surface area contributed by atoms with Crippen LogP contribution in [-0.2, 0) is 0 Å². The first kappa shape index (κ1) is 15.6. The molecule has 5 heteroatoms. The Morgan fingerprint density at radius 3 is 2.68 bits per heavy atom. The number of nitriles is 1. The van der Waals surface area contributed by atoms with Crippen LogP contribution >= 0.6 is 0 Å². The average Bonchev–Trinajstić information content (AvgIpc) is 2.52. The number of nitrogens with one attached hydrogen (secondary N) is 1. The van der Waals surface area contributed by atoms with Crippen LogP contribution in [0.3, 0.4) is 0 Å². The number of aromatic amines is 1. The highest BCUT2D eigenvalue weighted by Crippen LogP contribution is 2.33. The Hall–Kier alpha value is -2.74. The molecule has 0 radical (unpaired) electrons. The normalized spacial score (nSPS) is 10.1. The van der Waals surface area contributed by atoms with Crippen LogP contribution in [0, 0.1) is 18.3 Å². The van der Waals surface area contributed by atoms with Crippen LogP contribution in [0.15, 0.2) is 29.1 Å². The first-order chi connectivity index (χ1) is 10.6. The zero-order valence-electron chi connectivity index (χ0n) is 12.9. The summed E-state index contributed by atoms with van der Waals surface area (Å²) in [6, 6.07) is 9.13. The highest BCUT2D eigenvalue weighted by atomic mass is 16.5. The highest BCUT2D eigenvalue weighted by Gasteiger charge is 2.13. The second kappa shape index (κ2) is 6.81. The number of hydrogen-bond donors (Lipinski definition) is 1. The minimum absolute atomic E-state index is 0.0925. The molecule has 0 fully saturated rings. The first-order valence-electron chi connectivity index (χ1n) is 7.06. The molecule has 0 saturated heterocycles. The summed E-state index contributed by atoms with van der Waals surface area (Å²) in [5, 5.41) is 9.22. The fraction of sp³-hybridized carbons (Fsp3) is 0.294. The van der Waals surface area contributed by atoms with Crippen molar-refractivity contribution >= 4 is 0 Å². The van der Waals surface area contributed by atoms with Crippen molar-refractivity contribution in [2.24, 2.45) is 0 Å². The molecule has 22 heavy (non-hydrogen) atoms. The number of aryl methyl sites for hydroxylation is 1. The van der Waals surface area contributed by atoms with Crippen molar-refractivity contribution in [3.63, 3.8) is 0 Å². The number of hydrogen-bond acceptors (Lipinski definition) is 4. The third kappa shape index (κ3) is 3.12. The Kier molecular flexibility index (Phi) is 4.84. The number of benzene rings is 1. The SMILES string of the molecule is CCCOc1ccc(-c2cc(C)[nH]c(=O)c2C#N)cc1OC. The number of pyridine rings is 1. The molecule has 1 aromatic heterocycles. The van der Waals surface area contributed by atoms with E-state index in [9.17, 15) is 10.1 Å². The van der Waals surface area contributed by atoms with Crippen LogP contribution in [0.2, 0.25) is 0 Å². The van der Waals surface area contributed by atoms with Crippen LogP contribution < -0.4 is 15.0 Å². The second-order valence-electron chi connectivity index (χ2n) is 4.90. The molecule has 1 N–H and O–H groups in total. The van der Waals surface area contributed by atoms with Gasteiger partial charge in [-0.3, -0.25) is 4.79 Å². The monoisotopic (exact) mass is 298 g/mol. The quantitative estimate of drug-likeness (QED) is 0.920.